The van der Waals surface area contributed by atoms with Gasteiger partial charge in [-0.15, -0.1) is 10.2 Å². The van der Waals surface area contributed by atoms with Crippen molar-refractivity contribution >= 4 is 47.1 Å². The number of ether oxygens (including phenoxy) is 1. The summed E-state index contributed by atoms with van der Waals surface area (Å²) in [5.41, 5.74) is 7.26. The van der Waals surface area contributed by atoms with Crippen molar-refractivity contribution in [3.05, 3.63) is 94.0 Å². The molecule has 0 bridgehead atoms. The minimum atomic E-state index is -0.164. The number of benzene rings is 3. The number of para-hydroxylation sites is 1. The Balaban J connectivity index is 1.33. The van der Waals surface area contributed by atoms with Gasteiger partial charge < -0.3 is 15.9 Å². The smallest absolute Gasteiger partial charge is 0.264 e. The molecule has 4 aromatic rings. The van der Waals surface area contributed by atoms with Gasteiger partial charge in [0, 0.05) is 21.8 Å². The number of thioether (sulfide) groups is 1. The molecule has 0 radical (unpaired) electrons. The molecule has 11 heteroatoms. The van der Waals surface area contributed by atoms with E-state index in [-0.39, 0.29) is 17.6 Å². The first-order chi connectivity index (χ1) is 17.9. The summed E-state index contributed by atoms with van der Waals surface area (Å²) in [5, 5.41) is 16.2. The number of hydrazone groups is 1. The molecule has 1 aromatic heterocycles. The summed E-state index contributed by atoms with van der Waals surface area (Å²) in [4.78, 5) is 12.4. The van der Waals surface area contributed by atoms with Gasteiger partial charge >= 0.3 is 0 Å². The first kappa shape index (κ1) is 26.1. The maximum atomic E-state index is 12.4. The number of nitrogens with zero attached hydrogens (tertiary/aromatic N) is 4. The largest absolute Gasteiger partial charge is 0.488 e. The average molecular weight is 536 g/mol. The second kappa shape index (κ2) is 12.3. The van der Waals surface area contributed by atoms with Gasteiger partial charge in [-0.3, -0.25) is 4.79 Å². The van der Waals surface area contributed by atoms with Crippen LogP contribution in [-0.4, -0.2) is 32.7 Å². The zero-order valence-electron chi connectivity index (χ0n) is 20.3. The van der Waals surface area contributed by atoms with E-state index in [1.54, 1.807) is 6.21 Å². The van der Waals surface area contributed by atoms with E-state index in [0.29, 0.717) is 22.5 Å². The highest BCUT2D eigenvalue weighted by atomic mass is 35.5. The number of halogens is 1. The Bertz CT molecular complexity index is 1420. The Kier molecular flexibility index (Phi) is 8.65. The zero-order valence-corrected chi connectivity index (χ0v) is 21.9. The molecule has 0 aliphatic heterocycles. The average Bonchev–Trinajstić information content (AvgIpc) is 3.24. The quantitative estimate of drug-likeness (QED) is 0.113. The third-order valence-electron chi connectivity index (χ3n) is 5.29. The second-order valence-electron chi connectivity index (χ2n) is 8.12. The van der Waals surface area contributed by atoms with Crippen LogP contribution in [0, 0.1) is 13.8 Å². The summed E-state index contributed by atoms with van der Waals surface area (Å²) in [6.07, 6.45) is 1.60. The van der Waals surface area contributed by atoms with Crippen molar-refractivity contribution in [2.45, 2.75) is 25.6 Å². The molecule has 190 valence electrons. The van der Waals surface area contributed by atoms with Crippen molar-refractivity contribution in [3.8, 4) is 5.75 Å². The maximum Gasteiger partial charge on any atom is 0.264 e. The number of carbonyl (C=O) groups excluding carboxylic acids is 1. The topological polar surface area (TPSA) is 119 Å². The van der Waals surface area contributed by atoms with Gasteiger partial charge in [0.2, 0.25) is 11.1 Å². The Labute approximate surface area is 224 Å². The Morgan fingerprint density at radius 1 is 1.14 bits per heavy atom. The summed E-state index contributed by atoms with van der Waals surface area (Å²) in [7, 11) is 0. The van der Waals surface area contributed by atoms with E-state index in [1.165, 1.54) is 16.4 Å². The van der Waals surface area contributed by atoms with E-state index in [9.17, 15) is 4.79 Å². The molecule has 0 fully saturated rings. The normalized spacial score (nSPS) is 11.0. The van der Waals surface area contributed by atoms with Crippen molar-refractivity contribution in [1.29, 1.82) is 0 Å². The number of carbonyl (C=O) groups is 1. The summed E-state index contributed by atoms with van der Waals surface area (Å²) in [5.74, 6) is 6.92. The molecule has 4 N–H and O–H groups in total. The fourth-order valence-corrected chi connectivity index (χ4v) is 4.13. The van der Waals surface area contributed by atoms with Gasteiger partial charge in [-0.2, -0.15) is 5.10 Å². The third kappa shape index (κ3) is 7.02. The van der Waals surface area contributed by atoms with Crippen LogP contribution >= 0.6 is 23.4 Å². The van der Waals surface area contributed by atoms with Crippen molar-refractivity contribution in [3.63, 3.8) is 0 Å². The molecule has 0 atom stereocenters. The van der Waals surface area contributed by atoms with Gasteiger partial charge in [0.1, 0.15) is 12.4 Å². The van der Waals surface area contributed by atoms with Gasteiger partial charge in [-0.1, -0.05) is 65.8 Å². The minimum Gasteiger partial charge on any atom is -0.488 e. The lowest BCUT2D eigenvalue weighted by Gasteiger charge is -2.10. The summed E-state index contributed by atoms with van der Waals surface area (Å²) < 4.78 is 7.19. The van der Waals surface area contributed by atoms with Gasteiger partial charge in [0.25, 0.3) is 5.95 Å². The lowest BCUT2D eigenvalue weighted by Crippen LogP contribution is -2.17. The van der Waals surface area contributed by atoms with E-state index in [1.807, 2.05) is 80.6 Å². The molecular weight excluding hydrogens is 510 g/mol. The molecule has 0 unspecified atom stereocenters. The number of aryl methyl sites for hydroxylation is 2. The second-order valence-corrected chi connectivity index (χ2v) is 9.47. The van der Waals surface area contributed by atoms with E-state index < -0.39 is 0 Å². The van der Waals surface area contributed by atoms with E-state index in [4.69, 9.17) is 22.2 Å². The van der Waals surface area contributed by atoms with Crippen LogP contribution in [0.5, 0.6) is 5.75 Å². The summed E-state index contributed by atoms with van der Waals surface area (Å²) >= 11 is 7.39. The van der Waals surface area contributed by atoms with Crippen molar-refractivity contribution in [2.24, 2.45) is 5.10 Å². The van der Waals surface area contributed by atoms with Gasteiger partial charge in [0.05, 0.1) is 12.0 Å². The van der Waals surface area contributed by atoms with Crippen molar-refractivity contribution < 1.29 is 9.53 Å². The van der Waals surface area contributed by atoms with Crippen LogP contribution in [0.3, 0.4) is 0 Å². The molecule has 3 aromatic carbocycles. The lowest BCUT2D eigenvalue weighted by atomic mass is 10.1. The standard InChI is InChI=1S/C26H26ClN7O2S/c1-17-11-12-18(2)22(13-17)30-24(35)16-37-26-33-32-25(34(26)28)31-29-14-19-7-4-6-10-23(19)36-15-20-8-3-5-9-21(20)27/h3-14H,15-16,28H2,1-2H3,(H,30,35)(H,31,32)/b29-14+. The van der Waals surface area contributed by atoms with Crippen LogP contribution < -0.4 is 21.3 Å². The number of nitrogens with one attached hydrogen (secondary N) is 2. The summed E-state index contributed by atoms with van der Waals surface area (Å²) in [6.45, 7) is 4.25. The monoisotopic (exact) mass is 535 g/mol. The fourth-order valence-electron chi connectivity index (χ4n) is 3.29. The van der Waals surface area contributed by atoms with Crippen LogP contribution in [0.15, 0.2) is 77.0 Å². The molecule has 37 heavy (non-hydrogen) atoms. The first-order valence-corrected chi connectivity index (χ1v) is 12.7. The highest BCUT2D eigenvalue weighted by Gasteiger charge is 2.13. The highest BCUT2D eigenvalue weighted by Crippen LogP contribution is 2.22. The lowest BCUT2D eigenvalue weighted by molar-refractivity contribution is -0.113. The van der Waals surface area contributed by atoms with Gasteiger partial charge in [0.15, 0.2) is 0 Å². The number of anilines is 2. The Morgan fingerprint density at radius 3 is 2.76 bits per heavy atom. The Morgan fingerprint density at radius 2 is 1.92 bits per heavy atom. The molecule has 0 saturated carbocycles. The predicted octanol–water partition coefficient (Wildman–Crippen LogP) is 5.02. The van der Waals surface area contributed by atoms with Crippen LogP contribution in [0.4, 0.5) is 11.6 Å². The molecule has 4 rings (SSSR count). The molecule has 0 aliphatic carbocycles. The number of aromatic nitrogens is 3. The number of amides is 1. The number of hydrogen-bond acceptors (Lipinski definition) is 8. The minimum absolute atomic E-state index is 0.127. The van der Waals surface area contributed by atoms with Gasteiger partial charge in [-0.05, 0) is 49.2 Å². The molecule has 1 heterocycles. The highest BCUT2D eigenvalue weighted by molar-refractivity contribution is 7.99. The SMILES string of the molecule is Cc1ccc(C)c(NC(=O)CSc2nnc(N/N=C/c3ccccc3OCc3ccccc3Cl)n2N)c1. The Hall–Kier alpha value is -4.02. The number of nitrogen functional groups attached to an aromatic ring is 1. The molecular formula is C26H26ClN7O2S. The summed E-state index contributed by atoms with van der Waals surface area (Å²) in [6, 6.07) is 20.9. The van der Waals surface area contributed by atoms with E-state index in [0.717, 1.165) is 27.9 Å². The molecule has 9 nitrogen and oxygen atoms in total. The third-order valence-corrected chi connectivity index (χ3v) is 6.60. The molecule has 1 amide bonds. The molecule has 0 saturated heterocycles. The number of hydrogen-bond donors (Lipinski definition) is 3. The van der Waals surface area contributed by atoms with Gasteiger partial charge in [-0.25, -0.2) is 10.1 Å². The number of rotatable bonds is 10. The first-order valence-electron chi connectivity index (χ1n) is 11.4. The van der Waals surface area contributed by atoms with Crippen LogP contribution in [0.25, 0.3) is 0 Å². The van der Waals surface area contributed by atoms with E-state index in [2.05, 4.69) is 26.0 Å². The van der Waals surface area contributed by atoms with Crippen LogP contribution in [-0.2, 0) is 11.4 Å². The van der Waals surface area contributed by atoms with Crippen LogP contribution in [0.1, 0.15) is 22.3 Å². The van der Waals surface area contributed by atoms with E-state index >= 15 is 0 Å². The zero-order chi connectivity index (χ0) is 26.2. The fraction of sp³-hybridized carbons (Fsp3) is 0.154. The van der Waals surface area contributed by atoms with Crippen molar-refractivity contribution in [1.82, 2.24) is 14.9 Å². The number of nitrogens with two attached hydrogens (primary N) is 1. The molecule has 0 aliphatic rings. The maximum absolute atomic E-state index is 12.4. The molecule has 0 spiro atoms. The van der Waals surface area contributed by atoms with Crippen LogP contribution in [0.2, 0.25) is 5.02 Å². The van der Waals surface area contributed by atoms with Crippen molar-refractivity contribution in [2.75, 3.05) is 22.3 Å². The predicted molar refractivity (Wildman–Crippen MR) is 149 cm³/mol.